The number of aromatic nitrogens is 2. The van der Waals surface area contributed by atoms with E-state index in [2.05, 4.69) is 34.5 Å². The first-order valence-corrected chi connectivity index (χ1v) is 6.89. The van der Waals surface area contributed by atoms with Crippen LogP contribution in [0.25, 0.3) is 11.1 Å². The second-order valence-corrected chi connectivity index (χ2v) is 4.98. The van der Waals surface area contributed by atoms with Crippen LogP contribution in [0.5, 0.6) is 0 Å². The summed E-state index contributed by atoms with van der Waals surface area (Å²) in [6.07, 6.45) is 4.38. The van der Waals surface area contributed by atoms with Crippen LogP contribution in [0.15, 0.2) is 67.0 Å². The lowest BCUT2D eigenvalue weighted by molar-refractivity contribution is 0.849. The minimum atomic E-state index is -0.140. The summed E-state index contributed by atoms with van der Waals surface area (Å²) >= 11 is 0. The van der Waals surface area contributed by atoms with Crippen molar-refractivity contribution in [2.75, 3.05) is 0 Å². The van der Waals surface area contributed by atoms with Crippen LogP contribution in [0.1, 0.15) is 17.0 Å². The number of aromatic amines is 1. The van der Waals surface area contributed by atoms with E-state index in [1.807, 2.05) is 42.6 Å². The van der Waals surface area contributed by atoms with Gasteiger partial charge in [-0.2, -0.15) is 10.4 Å². The minimum absolute atomic E-state index is 0.140. The molecular formula is C18H15N3. The predicted molar refractivity (Wildman–Crippen MR) is 82.5 cm³/mol. The van der Waals surface area contributed by atoms with Gasteiger partial charge >= 0.3 is 0 Å². The first-order chi connectivity index (χ1) is 10.4. The van der Waals surface area contributed by atoms with Crippen molar-refractivity contribution in [1.29, 1.82) is 5.26 Å². The van der Waals surface area contributed by atoms with E-state index in [1.54, 1.807) is 6.20 Å². The van der Waals surface area contributed by atoms with Gasteiger partial charge in [-0.15, -0.1) is 0 Å². The summed E-state index contributed by atoms with van der Waals surface area (Å²) in [6.45, 7) is 0. The van der Waals surface area contributed by atoms with Crippen LogP contribution in [-0.4, -0.2) is 10.2 Å². The van der Waals surface area contributed by atoms with Gasteiger partial charge < -0.3 is 0 Å². The molecule has 1 aromatic heterocycles. The molecule has 0 aliphatic rings. The van der Waals surface area contributed by atoms with Gasteiger partial charge in [0.25, 0.3) is 0 Å². The third-order valence-electron chi connectivity index (χ3n) is 3.56. The van der Waals surface area contributed by atoms with Crippen LogP contribution < -0.4 is 0 Å². The van der Waals surface area contributed by atoms with Crippen molar-refractivity contribution in [2.24, 2.45) is 0 Å². The van der Waals surface area contributed by atoms with Crippen molar-refractivity contribution in [3.63, 3.8) is 0 Å². The van der Waals surface area contributed by atoms with Crippen molar-refractivity contribution < 1.29 is 0 Å². The Labute approximate surface area is 123 Å². The van der Waals surface area contributed by atoms with Crippen LogP contribution in [0, 0.1) is 11.3 Å². The molecule has 0 radical (unpaired) electrons. The molecule has 3 heteroatoms. The molecule has 102 valence electrons. The van der Waals surface area contributed by atoms with E-state index in [1.165, 1.54) is 5.56 Å². The van der Waals surface area contributed by atoms with Crippen LogP contribution in [0.4, 0.5) is 0 Å². The molecule has 3 rings (SSSR count). The zero-order valence-electron chi connectivity index (χ0n) is 11.5. The Morgan fingerprint density at radius 1 is 1.05 bits per heavy atom. The molecule has 1 N–H and O–H groups in total. The number of nitrogens with one attached hydrogen (secondary N) is 1. The van der Waals surface area contributed by atoms with Crippen molar-refractivity contribution in [1.82, 2.24) is 10.2 Å². The molecule has 21 heavy (non-hydrogen) atoms. The fraction of sp³-hybridized carbons (Fsp3) is 0.111. The van der Waals surface area contributed by atoms with E-state index < -0.39 is 0 Å². The second-order valence-electron chi connectivity index (χ2n) is 4.98. The average Bonchev–Trinajstić information content (AvgIpc) is 3.08. The van der Waals surface area contributed by atoms with Gasteiger partial charge in [0.1, 0.15) is 0 Å². The van der Waals surface area contributed by atoms with Gasteiger partial charge in [-0.3, -0.25) is 5.10 Å². The van der Waals surface area contributed by atoms with Gasteiger partial charge in [-0.05, 0) is 29.2 Å². The molecule has 0 amide bonds. The summed E-state index contributed by atoms with van der Waals surface area (Å²) in [7, 11) is 0. The SMILES string of the molecule is N#CC(Cc1ccccc1)c1cccc(-c2cn[nH]c2)c1. The third-order valence-corrected chi connectivity index (χ3v) is 3.56. The summed E-state index contributed by atoms with van der Waals surface area (Å²) in [5.41, 5.74) is 4.33. The molecule has 2 aromatic carbocycles. The minimum Gasteiger partial charge on any atom is -0.285 e. The molecule has 1 atom stereocenters. The number of nitriles is 1. The van der Waals surface area contributed by atoms with Gasteiger partial charge in [0, 0.05) is 11.8 Å². The van der Waals surface area contributed by atoms with Crippen LogP contribution in [-0.2, 0) is 6.42 Å². The highest BCUT2D eigenvalue weighted by Gasteiger charge is 2.12. The lowest BCUT2D eigenvalue weighted by Gasteiger charge is -2.11. The molecule has 0 bridgehead atoms. The normalized spacial score (nSPS) is 11.8. The Balaban J connectivity index is 1.88. The van der Waals surface area contributed by atoms with E-state index >= 15 is 0 Å². The molecule has 0 spiro atoms. The third kappa shape index (κ3) is 3.01. The smallest absolute Gasteiger partial charge is 0.0753 e. The molecule has 0 saturated heterocycles. The standard InChI is InChI=1S/C18H15N3/c19-11-17(9-14-5-2-1-3-6-14)15-7-4-8-16(10-15)18-12-20-21-13-18/h1-8,10,12-13,17H,9H2,(H,20,21). The van der Waals surface area contributed by atoms with E-state index in [4.69, 9.17) is 0 Å². The summed E-state index contributed by atoms with van der Waals surface area (Å²) in [5, 5.41) is 16.3. The van der Waals surface area contributed by atoms with Gasteiger partial charge in [0.05, 0.1) is 18.2 Å². The predicted octanol–water partition coefficient (Wildman–Crippen LogP) is 3.93. The Kier molecular flexibility index (Phi) is 3.79. The topological polar surface area (TPSA) is 52.5 Å². The molecule has 1 unspecified atom stereocenters. The zero-order valence-corrected chi connectivity index (χ0v) is 11.5. The summed E-state index contributed by atoms with van der Waals surface area (Å²) < 4.78 is 0. The number of rotatable bonds is 4. The summed E-state index contributed by atoms with van der Waals surface area (Å²) in [6, 6.07) is 20.6. The van der Waals surface area contributed by atoms with Crippen LogP contribution in [0.3, 0.4) is 0 Å². The van der Waals surface area contributed by atoms with Crippen molar-refractivity contribution >= 4 is 0 Å². The summed E-state index contributed by atoms with van der Waals surface area (Å²) in [4.78, 5) is 0. The summed E-state index contributed by atoms with van der Waals surface area (Å²) in [5.74, 6) is -0.140. The average molecular weight is 273 g/mol. The van der Waals surface area contributed by atoms with Gasteiger partial charge in [0.15, 0.2) is 0 Å². The highest BCUT2D eigenvalue weighted by molar-refractivity contribution is 5.62. The van der Waals surface area contributed by atoms with Gasteiger partial charge in [-0.25, -0.2) is 0 Å². The maximum absolute atomic E-state index is 9.49. The molecule has 3 aromatic rings. The van der Waals surface area contributed by atoms with Crippen LogP contribution in [0.2, 0.25) is 0 Å². The molecule has 0 fully saturated rings. The number of H-pyrrole nitrogens is 1. The number of hydrogen-bond donors (Lipinski definition) is 1. The number of nitrogens with zero attached hydrogens (tertiary/aromatic N) is 2. The van der Waals surface area contributed by atoms with Gasteiger partial charge in [0.2, 0.25) is 0 Å². The van der Waals surface area contributed by atoms with E-state index in [-0.39, 0.29) is 5.92 Å². The van der Waals surface area contributed by atoms with E-state index in [0.717, 1.165) is 23.1 Å². The largest absolute Gasteiger partial charge is 0.285 e. The Bertz CT molecular complexity index is 740. The maximum Gasteiger partial charge on any atom is 0.0753 e. The maximum atomic E-state index is 9.49. The lowest BCUT2D eigenvalue weighted by atomic mass is 9.91. The fourth-order valence-electron chi connectivity index (χ4n) is 2.43. The zero-order chi connectivity index (χ0) is 14.5. The highest BCUT2D eigenvalue weighted by atomic mass is 15.1. The van der Waals surface area contributed by atoms with E-state index in [0.29, 0.717) is 0 Å². The monoisotopic (exact) mass is 273 g/mol. The Morgan fingerprint density at radius 3 is 2.62 bits per heavy atom. The van der Waals surface area contributed by atoms with E-state index in [9.17, 15) is 5.26 Å². The fourth-order valence-corrected chi connectivity index (χ4v) is 2.43. The Hall–Kier alpha value is -2.86. The second kappa shape index (κ2) is 6.06. The molecule has 0 aliphatic heterocycles. The molecular weight excluding hydrogens is 258 g/mol. The number of hydrogen-bond acceptors (Lipinski definition) is 2. The van der Waals surface area contributed by atoms with Crippen molar-refractivity contribution in [3.05, 3.63) is 78.1 Å². The quantitative estimate of drug-likeness (QED) is 0.783. The van der Waals surface area contributed by atoms with Crippen molar-refractivity contribution in [3.8, 4) is 17.2 Å². The Morgan fingerprint density at radius 2 is 1.90 bits per heavy atom. The van der Waals surface area contributed by atoms with Crippen molar-refractivity contribution in [2.45, 2.75) is 12.3 Å². The molecule has 3 nitrogen and oxygen atoms in total. The van der Waals surface area contributed by atoms with Crippen LogP contribution >= 0.6 is 0 Å². The van der Waals surface area contributed by atoms with Gasteiger partial charge in [-0.1, -0.05) is 48.5 Å². The lowest BCUT2D eigenvalue weighted by Crippen LogP contribution is -2.00. The number of benzene rings is 2. The first kappa shape index (κ1) is 13.1. The molecule has 0 saturated carbocycles. The molecule has 1 heterocycles. The first-order valence-electron chi connectivity index (χ1n) is 6.89. The highest BCUT2D eigenvalue weighted by Crippen LogP contribution is 2.25. The molecule has 0 aliphatic carbocycles.